The maximum Gasteiger partial charge on any atom is 0.0503 e. The molecule has 0 amide bonds. The van der Waals surface area contributed by atoms with Gasteiger partial charge in [0.2, 0.25) is 0 Å². The molecule has 3 nitrogen and oxygen atoms in total. The van der Waals surface area contributed by atoms with Crippen LogP contribution < -0.4 is 5.32 Å². The smallest absolute Gasteiger partial charge is 0.0503 e. The number of likely N-dealkylation sites (N-methyl/N-ethyl adjacent to an activating group) is 1. The third-order valence-electron chi connectivity index (χ3n) is 4.45. The summed E-state index contributed by atoms with van der Waals surface area (Å²) in [5.41, 5.74) is 2.82. The van der Waals surface area contributed by atoms with Crippen LogP contribution in [0.2, 0.25) is 0 Å². The lowest BCUT2D eigenvalue weighted by atomic mass is 10.0. The molecule has 0 radical (unpaired) electrons. The van der Waals surface area contributed by atoms with Gasteiger partial charge in [0, 0.05) is 26.2 Å². The molecule has 118 valence electrons. The van der Waals surface area contributed by atoms with E-state index in [4.69, 9.17) is 4.74 Å². The normalized spacial score (nSPS) is 20.8. The number of nitrogens with zero attached hydrogens (tertiary/aromatic N) is 1. The fourth-order valence-corrected chi connectivity index (χ4v) is 3.23. The number of likely N-dealkylation sites (tertiary alicyclic amines) is 1. The highest BCUT2D eigenvalue weighted by atomic mass is 16.5. The fraction of sp³-hybridized carbons (Fsp3) is 0.667. The van der Waals surface area contributed by atoms with E-state index in [1.807, 2.05) is 0 Å². The molecular weight excluding hydrogens is 260 g/mol. The van der Waals surface area contributed by atoms with Gasteiger partial charge in [-0.3, -0.25) is 0 Å². The van der Waals surface area contributed by atoms with Crippen LogP contribution in [0.15, 0.2) is 24.3 Å². The van der Waals surface area contributed by atoms with Crippen LogP contribution in [0.1, 0.15) is 37.4 Å². The van der Waals surface area contributed by atoms with Gasteiger partial charge >= 0.3 is 0 Å². The summed E-state index contributed by atoms with van der Waals surface area (Å²) in [5.74, 6) is 0.708. The Labute approximate surface area is 129 Å². The van der Waals surface area contributed by atoms with Gasteiger partial charge in [0.05, 0.1) is 6.61 Å². The van der Waals surface area contributed by atoms with Gasteiger partial charge in [0.1, 0.15) is 0 Å². The number of aryl methyl sites for hydroxylation is 1. The largest absolute Gasteiger partial charge is 0.384 e. The van der Waals surface area contributed by atoms with Gasteiger partial charge in [-0.05, 0) is 43.0 Å². The number of hydrogen-bond acceptors (Lipinski definition) is 3. The van der Waals surface area contributed by atoms with Crippen LogP contribution in [0.3, 0.4) is 0 Å². The number of hydrogen-bond donors (Lipinski definition) is 1. The van der Waals surface area contributed by atoms with Crippen molar-refractivity contribution in [3.8, 4) is 0 Å². The second kappa shape index (κ2) is 8.52. The summed E-state index contributed by atoms with van der Waals surface area (Å²) in [7, 11) is 1.80. The van der Waals surface area contributed by atoms with Crippen LogP contribution in [-0.2, 0) is 11.2 Å². The zero-order chi connectivity index (χ0) is 15.1. The van der Waals surface area contributed by atoms with Crippen molar-refractivity contribution in [1.82, 2.24) is 10.2 Å². The molecule has 0 aliphatic carbocycles. The molecule has 21 heavy (non-hydrogen) atoms. The summed E-state index contributed by atoms with van der Waals surface area (Å²) in [5, 5.41) is 3.64. The lowest BCUT2D eigenvalue weighted by Crippen LogP contribution is -2.34. The molecule has 1 saturated heterocycles. The van der Waals surface area contributed by atoms with E-state index in [-0.39, 0.29) is 0 Å². The first-order valence-corrected chi connectivity index (χ1v) is 8.30. The van der Waals surface area contributed by atoms with Crippen molar-refractivity contribution < 1.29 is 4.74 Å². The van der Waals surface area contributed by atoms with Crippen LogP contribution in [0.25, 0.3) is 0 Å². The molecule has 1 heterocycles. The Morgan fingerprint density at radius 2 is 2.05 bits per heavy atom. The van der Waals surface area contributed by atoms with E-state index in [1.54, 1.807) is 7.11 Å². The molecule has 0 spiro atoms. The zero-order valence-corrected chi connectivity index (χ0v) is 13.8. The Kier molecular flexibility index (Phi) is 6.68. The molecular formula is C18H30N2O. The molecule has 1 N–H and O–H groups in total. The van der Waals surface area contributed by atoms with Crippen LogP contribution >= 0.6 is 0 Å². The number of rotatable bonds is 8. The molecule has 1 fully saturated rings. The summed E-state index contributed by atoms with van der Waals surface area (Å²) in [6.07, 6.45) is 2.37. The lowest BCUT2D eigenvalue weighted by molar-refractivity contribution is 0.152. The average Bonchev–Trinajstić information content (AvgIpc) is 2.95. The molecule has 0 bridgehead atoms. The molecule has 1 aliphatic rings. The summed E-state index contributed by atoms with van der Waals surface area (Å²) in [4.78, 5) is 2.57. The topological polar surface area (TPSA) is 24.5 Å². The third kappa shape index (κ3) is 4.80. The van der Waals surface area contributed by atoms with Crippen LogP contribution in [0, 0.1) is 5.92 Å². The van der Waals surface area contributed by atoms with Gasteiger partial charge in [-0.1, -0.05) is 38.1 Å². The SMILES string of the molecule is CCNC(CN1CCC(COC)C1)c1ccc(CC)cc1. The summed E-state index contributed by atoms with van der Waals surface area (Å²) in [6.45, 7) is 9.76. The number of methoxy groups -OCH3 is 1. The van der Waals surface area contributed by atoms with Crippen molar-refractivity contribution in [2.75, 3.05) is 39.9 Å². The minimum absolute atomic E-state index is 0.433. The molecule has 2 unspecified atom stereocenters. The van der Waals surface area contributed by atoms with Gasteiger partial charge < -0.3 is 15.0 Å². The Balaban J connectivity index is 1.95. The zero-order valence-electron chi connectivity index (χ0n) is 13.8. The minimum Gasteiger partial charge on any atom is -0.384 e. The Morgan fingerprint density at radius 1 is 1.29 bits per heavy atom. The molecule has 2 rings (SSSR count). The highest BCUT2D eigenvalue weighted by molar-refractivity contribution is 5.25. The first-order chi connectivity index (χ1) is 10.3. The van der Waals surface area contributed by atoms with Crippen LogP contribution in [0.5, 0.6) is 0 Å². The van der Waals surface area contributed by atoms with E-state index in [0.717, 1.165) is 26.1 Å². The molecule has 0 aromatic heterocycles. The molecule has 0 saturated carbocycles. The predicted octanol–water partition coefficient (Wildman–Crippen LogP) is 2.87. The van der Waals surface area contributed by atoms with Crippen molar-refractivity contribution in [2.45, 2.75) is 32.7 Å². The Bertz CT molecular complexity index is 404. The molecule has 1 aromatic carbocycles. The Hall–Kier alpha value is -0.900. The minimum atomic E-state index is 0.433. The number of benzene rings is 1. The predicted molar refractivity (Wildman–Crippen MR) is 88.7 cm³/mol. The van der Waals surface area contributed by atoms with Crippen LogP contribution in [0.4, 0.5) is 0 Å². The highest BCUT2D eigenvalue weighted by Gasteiger charge is 2.24. The van der Waals surface area contributed by atoms with Crippen molar-refractivity contribution in [1.29, 1.82) is 0 Å². The Morgan fingerprint density at radius 3 is 2.67 bits per heavy atom. The van der Waals surface area contributed by atoms with Gasteiger partial charge in [-0.15, -0.1) is 0 Å². The van der Waals surface area contributed by atoms with Crippen molar-refractivity contribution in [3.05, 3.63) is 35.4 Å². The maximum absolute atomic E-state index is 5.29. The van der Waals surface area contributed by atoms with E-state index in [0.29, 0.717) is 12.0 Å². The molecule has 1 aliphatic heterocycles. The standard InChI is InChI=1S/C18H30N2O/c1-4-15-6-8-17(9-7-15)18(19-5-2)13-20-11-10-16(12-20)14-21-3/h6-9,16,18-19H,4-5,10-14H2,1-3H3. The van der Waals surface area contributed by atoms with Crippen molar-refractivity contribution >= 4 is 0 Å². The summed E-state index contributed by atoms with van der Waals surface area (Å²) in [6, 6.07) is 9.53. The molecule has 2 atom stereocenters. The second-order valence-electron chi connectivity index (χ2n) is 6.08. The van der Waals surface area contributed by atoms with Gasteiger partial charge in [0.25, 0.3) is 0 Å². The van der Waals surface area contributed by atoms with E-state index >= 15 is 0 Å². The average molecular weight is 290 g/mol. The third-order valence-corrected chi connectivity index (χ3v) is 4.45. The van der Waals surface area contributed by atoms with Crippen molar-refractivity contribution in [2.24, 2.45) is 5.92 Å². The van der Waals surface area contributed by atoms with E-state index in [2.05, 4.69) is 48.3 Å². The highest BCUT2D eigenvalue weighted by Crippen LogP contribution is 2.21. The van der Waals surface area contributed by atoms with E-state index < -0.39 is 0 Å². The van der Waals surface area contributed by atoms with Gasteiger partial charge in [-0.25, -0.2) is 0 Å². The monoisotopic (exact) mass is 290 g/mol. The summed E-state index contributed by atoms with van der Waals surface area (Å²) < 4.78 is 5.29. The lowest BCUT2D eigenvalue weighted by Gasteiger charge is -2.25. The first kappa shape index (κ1) is 16.5. The first-order valence-electron chi connectivity index (χ1n) is 8.30. The van der Waals surface area contributed by atoms with Gasteiger partial charge in [0.15, 0.2) is 0 Å². The number of nitrogens with one attached hydrogen (secondary N) is 1. The molecule has 3 heteroatoms. The maximum atomic E-state index is 5.29. The quantitative estimate of drug-likeness (QED) is 0.797. The fourth-order valence-electron chi connectivity index (χ4n) is 3.23. The van der Waals surface area contributed by atoms with E-state index in [9.17, 15) is 0 Å². The molecule has 1 aromatic rings. The van der Waals surface area contributed by atoms with Crippen LogP contribution in [-0.4, -0.2) is 44.8 Å². The summed E-state index contributed by atoms with van der Waals surface area (Å²) >= 11 is 0. The number of ether oxygens (including phenoxy) is 1. The van der Waals surface area contributed by atoms with Crippen molar-refractivity contribution in [3.63, 3.8) is 0 Å². The second-order valence-corrected chi connectivity index (χ2v) is 6.08. The van der Waals surface area contributed by atoms with Gasteiger partial charge in [-0.2, -0.15) is 0 Å². The van der Waals surface area contributed by atoms with E-state index in [1.165, 1.54) is 30.6 Å².